The van der Waals surface area contributed by atoms with Crippen molar-refractivity contribution in [3.05, 3.63) is 82.6 Å². The molecule has 0 saturated carbocycles. The lowest BCUT2D eigenvalue weighted by atomic mass is 9.91. The summed E-state index contributed by atoms with van der Waals surface area (Å²) in [5, 5.41) is 2.68. The van der Waals surface area contributed by atoms with E-state index in [2.05, 4.69) is 5.32 Å². The van der Waals surface area contributed by atoms with Crippen LogP contribution in [0.1, 0.15) is 36.6 Å². The normalized spacial score (nSPS) is 17.5. The third kappa shape index (κ3) is 3.93. The van der Waals surface area contributed by atoms with Crippen LogP contribution in [-0.4, -0.2) is 16.7 Å². The van der Waals surface area contributed by atoms with E-state index in [0.29, 0.717) is 5.70 Å². The predicted molar refractivity (Wildman–Crippen MR) is 98.1 cm³/mol. The van der Waals surface area contributed by atoms with E-state index in [4.69, 9.17) is 0 Å². The molecule has 1 N–H and O–H groups in total. The number of urea groups is 1. The Morgan fingerprint density at radius 1 is 1.11 bits per heavy atom. The van der Waals surface area contributed by atoms with E-state index in [1.807, 2.05) is 30.3 Å². The number of nitrogens with zero attached hydrogens (tertiary/aromatic N) is 1. The molecule has 0 unspecified atom stereocenters. The molecule has 0 spiro atoms. The van der Waals surface area contributed by atoms with Gasteiger partial charge in [0.15, 0.2) is 5.78 Å². The van der Waals surface area contributed by atoms with Gasteiger partial charge in [0.05, 0.1) is 18.2 Å². The van der Waals surface area contributed by atoms with Gasteiger partial charge < -0.3 is 5.32 Å². The summed E-state index contributed by atoms with van der Waals surface area (Å²) < 4.78 is 39.2. The number of carbonyl (C=O) groups excluding carboxylic acids is 2. The summed E-state index contributed by atoms with van der Waals surface area (Å²) in [5.74, 6) is -0.307. The van der Waals surface area contributed by atoms with E-state index < -0.39 is 23.8 Å². The largest absolute Gasteiger partial charge is 0.416 e. The van der Waals surface area contributed by atoms with Crippen LogP contribution < -0.4 is 5.32 Å². The van der Waals surface area contributed by atoms with Crippen molar-refractivity contribution < 1.29 is 22.8 Å². The zero-order chi connectivity index (χ0) is 20.5. The molecule has 1 aliphatic rings. The molecule has 0 radical (unpaired) electrons. The predicted octanol–water partition coefficient (Wildman–Crippen LogP) is 4.83. The maximum Gasteiger partial charge on any atom is 0.416 e. The number of ketones is 1. The van der Waals surface area contributed by atoms with Crippen LogP contribution >= 0.6 is 0 Å². The van der Waals surface area contributed by atoms with Crippen molar-refractivity contribution >= 4 is 11.8 Å². The highest BCUT2D eigenvalue weighted by Crippen LogP contribution is 2.35. The van der Waals surface area contributed by atoms with Crippen molar-refractivity contribution in [3.8, 4) is 0 Å². The summed E-state index contributed by atoms with van der Waals surface area (Å²) in [6.07, 6.45) is -4.51. The first kappa shape index (κ1) is 19.7. The van der Waals surface area contributed by atoms with Crippen LogP contribution in [-0.2, 0) is 17.5 Å². The summed E-state index contributed by atoms with van der Waals surface area (Å²) in [7, 11) is 0. The lowest BCUT2D eigenvalue weighted by molar-refractivity contribution is -0.137. The molecule has 3 rings (SSSR count). The summed E-state index contributed by atoms with van der Waals surface area (Å²) in [6, 6.07) is 12.5. The topological polar surface area (TPSA) is 49.4 Å². The summed E-state index contributed by atoms with van der Waals surface area (Å²) in [5.41, 5.74) is 0.966. The van der Waals surface area contributed by atoms with Gasteiger partial charge in [-0.2, -0.15) is 13.2 Å². The number of alkyl halides is 3. The van der Waals surface area contributed by atoms with Crippen LogP contribution in [0.5, 0.6) is 0 Å². The second kappa shape index (κ2) is 7.50. The summed E-state index contributed by atoms with van der Waals surface area (Å²) in [6.45, 7) is 3.24. The van der Waals surface area contributed by atoms with E-state index in [-0.39, 0.29) is 23.5 Å². The monoisotopic (exact) mass is 388 g/mol. The Hall–Kier alpha value is -3.09. The number of carbonyl (C=O) groups is 2. The zero-order valence-electron chi connectivity index (χ0n) is 15.4. The molecule has 0 aliphatic carbocycles. The quantitative estimate of drug-likeness (QED) is 0.815. The molecule has 0 bridgehead atoms. The molecular formula is C21H19F3N2O2. The minimum atomic E-state index is -4.51. The van der Waals surface area contributed by atoms with Crippen LogP contribution in [0.2, 0.25) is 0 Å². The van der Waals surface area contributed by atoms with Crippen molar-refractivity contribution in [2.75, 3.05) is 0 Å². The van der Waals surface area contributed by atoms with Crippen molar-refractivity contribution in [2.45, 2.75) is 32.6 Å². The first-order valence-corrected chi connectivity index (χ1v) is 8.69. The van der Waals surface area contributed by atoms with E-state index in [0.717, 1.165) is 17.7 Å². The molecule has 0 saturated heterocycles. The van der Waals surface area contributed by atoms with Gasteiger partial charge in [0.2, 0.25) is 0 Å². The zero-order valence-corrected chi connectivity index (χ0v) is 15.4. The molecule has 1 atom stereocenters. The minimum Gasteiger partial charge on any atom is -0.327 e. The number of rotatable bonds is 4. The Balaban J connectivity index is 2.02. The molecule has 2 aromatic rings. The van der Waals surface area contributed by atoms with Crippen molar-refractivity contribution in [1.29, 1.82) is 0 Å². The number of benzene rings is 2. The standard InChI is InChI=1S/C21H19F3N2O2/c1-13-18(14(2)27)19(16-9-6-10-17(11-16)21(22,23)24)25-20(28)26(13)12-15-7-4-3-5-8-15/h3-11,19H,12H2,1-2H3,(H,25,28)/t19-/m0/s1. The SMILES string of the molecule is CC(=O)C1=C(C)N(Cc2ccccc2)C(=O)N[C@H]1c1cccc(C(F)(F)F)c1. The molecule has 1 aliphatic heterocycles. The second-order valence-electron chi connectivity index (χ2n) is 6.63. The van der Waals surface area contributed by atoms with Crippen LogP contribution in [0.3, 0.4) is 0 Å². The average molecular weight is 388 g/mol. The Labute approximate surface area is 160 Å². The summed E-state index contributed by atoms with van der Waals surface area (Å²) in [4.78, 5) is 26.4. The third-order valence-electron chi connectivity index (χ3n) is 4.71. The van der Waals surface area contributed by atoms with Crippen molar-refractivity contribution in [1.82, 2.24) is 10.2 Å². The lowest BCUT2D eigenvalue weighted by Gasteiger charge is -2.35. The number of amides is 2. The lowest BCUT2D eigenvalue weighted by Crippen LogP contribution is -2.47. The molecule has 4 nitrogen and oxygen atoms in total. The number of allylic oxidation sites excluding steroid dienone is 1. The van der Waals surface area contributed by atoms with Gasteiger partial charge in [-0.3, -0.25) is 9.69 Å². The molecule has 28 heavy (non-hydrogen) atoms. The highest BCUT2D eigenvalue weighted by Gasteiger charge is 2.36. The van der Waals surface area contributed by atoms with E-state index in [1.54, 1.807) is 6.92 Å². The van der Waals surface area contributed by atoms with Gasteiger partial charge in [-0.15, -0.1) is 0 Å². The Kier molecular flexibility index (Phi) is 5.27. The van der Waals surface area contributed by atoms with Gasteiger partial charge in [0.1, 0.15) is 0 Å². The van der Waals surface area contributed by atoms with Gasteiger partial charge in [0, 0.05) is 11.3 Å². The number of nitrogens with one attached hydrogen (secondary N) is 1. The Bertz CT molecular complexity index is 936. The van der Waals surface area contributed by atoms with Crippen molar-refractivity contribution in [3.63, 3.8) is 0 Å². The molecular weight excluding hydrogens is 369 g/mol. The number of hydrogen-bond donors (Lipinski definition) is 1. The number of Topliss-reactive ketones (excluding diaryl/α,β-unsaturated/α-hetero) is 1. The third-order valence-corrected chi connectivity index (χ3v) is 4.71. The Morgan fingerprint density at radius 3 is 2.39 bits per heavy atom. The smallest absolute Gasteiger partial charge is 0.327 e. The van der Waals surface area contributed by atoms with Gasteiger partial charge in [0.25, 0.3) is 0 Å². The molecule has 2 aromatic carbocycles. The van der Waals surface area contributed by atoms with Gasteiger partial charge in [-0.1, -0.05) is 42.5 Å². The highest BCUT2D eigenvalue weighted by molar-refractivity contribution is 5.98. The molecule has 1 heterocycles. The maximum absolute atomic E-state index is 13.1. The fourth-order valence-electron chi connectivity index (χ4n) is 3.34. The molecule has 2 amide bonds. The molecule has 0 aromatic heterocycles. The van der Waals surface area contributed by atoms with Gasteiger partial charge >= 0.3 is 12.2 Å². The number of hydrogen-bond acceptors (Lipinski definition) is 2. The fraction of sp³-hybridized carbons (Fsp3) is 0.238. The first-order chi connectivity index (χ1) is 13.2. The second-order valence-corrected chi connectivity index (χ2v) is 6.63. The molecule has 146 valence electrons. The number of halogens is 3. The van der Waals surface area contributed by atoms with Gasteiger partial charge in [-0.25, -0.2) is 4.79 Å². The fourth-order valence-corrected chi connectivity index (χ4v) is 3.34. The van der Waals surface area contributed by atoms with Crippen LogP contribution in [0.4, 0.5) is 18.0 Å². The van der Waals surface area contributed by atoms with E-state index in [9.17, 15) is 22.8 Å². The van der Waals surface area contributed by atoms with E-state index >= 15 is 0 Å². The molecule has 7 heteroatoms. The highest BCUT2D eigenvalue weighted by atomic mass is 19.4. The van der Waals surface area contributed by atoms with Crippen LogP contribution in [0.15, 0.2) is 65.9 Å². The van der Waals surface area contributed by atoms with E-state index in [1.165, 1.54) is 24.0 Å². The van der Waals surface area contributed by atoms with Crippen molar-refractivity contribution in [2.24, 2.45) is 0 Å². The van der Waals surface area contributed by atoms with Crippen LogP contribution in [0.25, 0.3) is 0 Å². The first-order valence-electron chi connectivity index (χ1n) is 8.69. The minimum absolute atomic E-state index is 0.215. The van der Waals surface area contributed by atoms with Gasteiger partial charge in [-0.05, 0) is 37.1 Å². The average Bonchev–Trinajstić information content (AvgIpc) is 2.64. The molecule has 0 fully saturated rings. The Morgan fingerprint density at radius 2 is 1.79 bits per heavy atom. The summed E-state index contributed by atoms with van der Waals surface area (Å²) >= 11 is 0. The van der Waals surface area contributed by atoms with Crippen LogP contribution in [0, 0.1) is 0 Å². The maximum atomic E-state index is 13.1.